The molecule has 2 aliphatic rings. The van der Waals surface area contributed by atoms with Gasteiger partial charge in [0.2, 0.25) is 10.0 Å². The quantitative estimate of drug-likeness (QED) is 0.659. The number of ether oxygens (including phenoxy) is 1. The van der Waals surface area contributed by atoms with Crippen LogP contribution in [0, 0.1) is 0 Å². The minimum absolute atomic E-state index is 0.0100. The Bertz CT molecular complexity index is 1050. The number of morpholine rings is 1. The number of benzene rings is 2. The molecule has 166 valence electrons. The molecule has 0 bridgehead atoms. The fourth-order valence-electron chi connectivity index (χ4n) is 4.13. The second-order valence-corrected chi connectivity index (χ2v) is 10.5. The van der Waals surface area contributed by atoms with Crippen molar-refractivity contribution >= 4 is 39.1 Å². The Balaban J connectivity index is 1.54. The summed E-state index contributed by atoms with van der Waals surface area (Å²) in [5, 5.41) is 0.164. The molecule has 2 saturated heterocycles. The van der Waals surface area contributed by atoms with E-state index in [1.165, 1.54) is 22.0 Å². The zero-order valence-corrected chi connectivity index (χ0v) is 19.3. The molecule has 1 amide bonds. The minimum atomic E-state index is -3.85. The zero-order chi connectivity index (χ0) is 22.0. The van der Waals surface area contributed by atoms with Crippen molar-refractivity contribution < 1.29 is 17.9 Å². The van der Waals surface area contributed by atoms with Gasteiger partial charge in [0, 0.05) is 26.2 Å². The standard InChI is InChI=1S/C22H24Cl2N2O4S/c23-19-15-20(24)21(31(28,29)26-10-12-30-13-11-26)14-18(19)22(27)25-8-6-17(7-9-25)16-4-2-1-3-5-16/h1-5,14-15,17H,6-13H2. The molecule has 0 aliphatic carbocycles. The van der Waals surface area contributed by atoms with E-state index in [1.807, 2.05) is 18.2 Å². The molecule has 0 radical (unpaired) electrons. The number of carbonyl (C=O) groups is 1. The molecule has 0 unspecified atom stereocenters. The summed E-state index contributed by atoms with van der Waals surface area (Å²) in [6.45, 7) is 2.32. The molecule has 0 aromatic heterocycles. The molecule has 0 atom stereocenters. The van der Waals surface area contributed by atoms with Gasteiger partial charge in [-0.05, 0) is 36.5 Å². The Labute approximate surface area is 192 Å². The van der Waals surface area contributed by atoms with Gasteiger partial charge in [-0.15, -0.1) is 0 Å². The summed E-state index contributed by atoms with van der Waals surface area (Å²) in [7, 11) is -3.85. The fraction of sp³-hybridized carbons (Fsp3) is 0.409. The molecule has 0 N–H and O–H groups in total. The van der Waals surface area contributed by atoms with Crippen LogP contribution in [0.15, 0.2) is 47.4 Å². The summed E-state index contributed by atoms with van der Waals surface area (Å²) in [4.78, 5) is 14.8. The van der Waals surface area contributed by atoms with Crippen molar-refractivity contribution in [2.24, 2.45) is 0 Å². The van der Waals surface area contributed by atoms with Crippen LogP contribution in [-0.4, -0.2) is 62.9 Å². The summed E-state index contributed by atoms with van der Waals surface area (Å²) < 4.78 is 32.7. The van der Waals surface area contributed by atoms with Gasteiger partial charge in [-0.1, -0.05) is 53.5 Å². The third kappa shape index (κ3) is 4.76. The molecule has 0 spiro atoms. The Kier molecular flexibility index (Phi) is 6.89. The topological polar surface area (TPSA) is 66.9 Å². The molecular formula is C22H24Cl2N2O4S. The maximum Gasteiger partial charge on any atom is 0.255 e. The second kappa shape index (κ2) is 9.46. The van der Waals surface area contributed by atoms with E-state index < -0.39 is 10.0 Å². The third-order valence-corrected chi connectivity index (χ3v) is 8.57. The van der Waals surface area contributed by atoms with Gasteiger partial charge in [0.05, 0.1) is 28.8 Å². The van der Waals surface area contributed by atoms with E-state index in [0.717, 1.165) is 12.8 Å². The summed E-state index contributed by atoms with van der Waals surface area (Å²) in [6.07, 6.45) is 1.69. The molecule has 6 nitrogen and oxygen atoms in total. The molecule has 9 heteroatoms. The molecular weight excluding hydrogens is 459 g/mol. The molecule has 2 fully saturated rings. The van der Waals surface area contributed by atoms with E-state index in [2.05, 4.69) is 12.1 Å². The van der Waals surface area contributed by atoms with E-state index >= 15 is 0 Å². The first-order valence-corrected chi connectivity index (χ1v) is 12.5. The predicted octanol–water partition coefficient (Wildman–Crippen LogP) is 4.03. The number of nitrogens with zero attached hydrogens (tertiary/aromatic N) is 2. The highest BCUT2D eigenvalue weighted by Crippen LogP contribution is 2.33. The van der Waals surface area contributed by atoms with Crippen LogP contribution in [0.4, 0.5) is 0 Å². The lowest BCUT2D eigenvalue weighted by molar-refractivity contribution is 0.0711. The monoisotopic (exact) mass is 482 g/mol. The zero-order valence-electron chi connectivity index (χ0n) is 17.0. The number of hydrogen-bond acceptors (Lipinski definition) is 4. The first-order valence-electron chi connectivity index (χ1n) is 10.3. The van der Waals surface area contributed by atoms with Crippen molar-refractivity contribution in [3.05, 3.63) is 63.6 Å². The number of halogens is 2. The van der Waals surface area contributed by atoms with Gasteiger partial charge in [0.25, 0.3) is 5.91 Å². The molecule has 4 rings (SSSR count). The first kappa shape index (κ1) is 22.6. The normalized spacial score (nSPS) is 18.8. The van der Waals surface area contributed by atoms with Gasteiger partial charge < -0.3 is 9.64 Å². The smallest absolute Gasteiger partial charge is 0.255 e. The van der Waals surface area contributed by atoms with Gasteiger partial charge in [0.1, 0.15) is 4.90 Å². The van der Waals surface area contributed by atoms with Gasteiger partial charge in [-0.3, -0.25) is 4.79 Å². The predicted molar refractivity (Wildman–Crippen MR) is 120 cm³/mol. The second-order valence-electron chi connectivity index (χ2n) is 7.76. The average Bonchev–Trinajstić information content (AvgIpc) is 2.80. The lowest BCUT2D eigenvalue weighted by Gasteiger charge is -2.32. The lowest BCUT2D eigenvalue weighted by Crippen LogP contribution is -2.41. The highest BCUT2D eigenvalue weighted by Gasteiger charge is 2.32. The summed E-state index contributed by atoms with van der Waals surface area (Å²) in [5.41, 5.74) is 1.44. The van der Waals surface area contributed by atoms with Crippen LogP contribution < -0.4 is 0 Å². The van der Waals surface area contributed by atoms with Crippen LogP contribution in [-0.2, 0) is 14.8 Å². The van der Waals surface area contributed by atoms with E-state index in [4.69, 9.17) is 27.9 Å². The van der Waals surface area contributed by atoms with Crippen molar-refractivity contribution in [1.29, 1.82) is 0 Å². The summed E-state index contributed by atoms with van der Waals surface area (Å²) >= 11 is 12.6. The van der Waals surface area contributed by atoms with Crippen molar-refractivity contribution in [1.82, 2.24) is 9.21 Å². The SMILES string of the molecule is O=C(c1cc(S(=O)(=O)N2CCOCC2)c(Cl)cc1Cl)N1CCC(c2ccccc2)CC1. The number of carbonyl (C=O) groups excluding carboxylic acids is 1. The number of likely N-dealkylation sites (tertiary alicyclic amines) is 1. The molecule has 2 aromatic rings. The maximum atomic E-state index is 13.2. The Morgan fingerprint density at radius 3 is 2.23 bits per heavy atom. The molecule has 2 aromatic carbocycles. The largest absolute Gasteiger partial charge is 0.379 e. The number of piperidine rings is 1. The maximum absolute atomic E-state index is 13.2. The van der Waals surface area contributed by atoms with E-state index in [-0.39, 0.29) is 39.5 Å². The van der Waals surface area contributed by atoms with E-state index in [9.17, 15) is 13.2 Å². The molecule has 31 heavy (non-hydrogen) atoms. The molecule has 0 saturated carbocycles. The minimum Gasteiger partial charge on any atom is -0.379 e. The van der Waals surface area contributed by atoms with Crippen LogP contribution >= 0.6 is 23.2 Å². The number of amides is 1. The van der Waals surface area contributed by atoms with E-state index in [0.29, 0.717) is 32.2 Å². The Hall–Kier alpha value is -1.64. The van der Waals surface area contributed by atoms with Gasteiger partial charge >= 0.3 is 0 Å². The summed E-state index contributed by atoms with van der Waals surface area (Å²) in [6, 6.07) is 12.9. The first-order chi connectivity index (χ1) is 14.9. The van der Waals surface area contributed by atoms with Crippen LogP contribution in [0.1, 0.15) is 34.7 Å². The van der Waals surface area contributed by atoms with Crippen LogP contribution in [0.3, 0.4) is 0 Å². The third-order valence-electron chi connectivity index (χ3n) is 5.89. The van der Waals surface area contributed by atoms with E-state index in [1.54, 1.807) is 4.90 Å². The molecule has 2 heterocycles. The number of rotatable bonds is 4. The fourth-order valence-corrected chi connectivity index (χ4v) is 6.36. The Morgan fingerprint density at radius 2 is 1.58 bits per heavy atom. The van der Waals surface area contributed by atoms with Crippen molar-refractivity contribution in [3.63, 3.8) is 0 Å². The average molecular weight is 483 g/mol. The van der Waals surface area contributed by atoms with Gasteiger partial charge in [0.15, 0.2) is 0 Å². The lowest BCUT2D eigenvalue weighted by atomic mass is 9.89. The van der Waals surface area contributed by atoms with Crippen LogP contribution in [0.5, 0.6) is 0 Å². The highest BCUT2D eigenvalue weighted by molar-refractivity contribution is 7.89. The van der Waals surface area contributed by atoms with Gasteiger partial charge in [-0.2, -0.15) is 4.31 Å². The van der Waals surface area contributed by atoms with Crippen molar-refractivity contribution in [2.75, 3.05) is 39.4 Å². The van der Waals surface area contributed by atoms with Crippen LogP contribution in [0.25, 0.3) is 0 Å². The molecule has 2 aliphatic heterocycles. The summed E-state index contributed by atoms with van der Waals surface area (Å²) in [5.74, 6) is 0.134. The van der Waals surface area contributed by atoms with Gasteiger partial charge in [-0.25, -0.2) is 8.42 Å². The van der Waals surface area contributed by atoms with Crippen molar-refractivity contribution in [3.8, 4) is 0 Å². The number of hydrogen-bond donors (Lipinski definition) is 0. The number of sulfonamides is 1. The van der Waals surface area contributed by atoms with Crippen LogP contribution in [0.2, 0.25) is 10.0 Å². The van der Waals surface area contributed by atoms with Crippen molar-refractivity contribution in [2.45, 2.75) is 23.7 Å². The highest BCUT2D eigenvalue weighted by atomic mass is 35.5. The Morgan fingerprint density at radius 1 is 0.935 bits per heavy atom.